The van der Waals surface area contributed by atoms with Gasteiger partial charge in [-0.2, -0.15) is 0 Å². The second-order valence-corrected chi connectivity index (χ2v) is 7.08. The number of fused-ring (bicyclic) bond motifs is 1. The molecule has 0 saturated carbocycles. The van der Waals surface area contributed by atoms with Crippen molar-refractivity contribution in [3.8, 4) is 0 Å². The SMILES string of the molecule is CCOC(=O)[C@]1(CC)N[C@@H](c2ccc(Cl)cc2)[C@H]2C(=O)N(CC)C(=O)[C@@H]21. The number of hydrogen-bond donors (Lipinski definition) is 1. The topological polar surface area (TPSA) is 75.7 Å². The first kappa shape index (κ1) is 18.9. The first-order valence-corrected chi connectivity index (χ1v) is 9.34. The summed E-state index contributed by atoms with van der Waals surface area (Å²) < 4.78 is 5.28. The summed E-state index contributed by atoms with van der Waals surface area (Å²) in [4.78, 5) is 40.0. The fourth-order valence-corrected chi connectivity index (χ4v) is 4.37. The number of halogens is 1. The van der Waals surface area contributed by atoms with Gasteiger partial charge in [0.1, 0.15) is 5.54 Å². The number of ether oxygens (including phenoxy) is 1. The van der Waals surface area contributed by atoms with Gasteiger partial charge in [-0.3, -0.25) is 24.6 Å². The molecule has 2 fully saturated rings. The van der Waals surface area contributed by atoms with E-state index in [4.69, 9.17) is 16.3 Å². The molecule has 1 aromatic carbocycles. The first-order chi connectivity index (χ1) is 12.4. The van der Waals surface area contributed by atoms with Gasteiger partial charge in [0.25, 0.3) is 0 Å². The van der Waals surface area contributed by atoms with Crippen LogP contribution in [0, 0.1) is 11.8 Å². The summed E-state index contributed by atoms with van der Waals surface area (Å²) in [6, 6.07) is 6.67. The Morgan fingerprint density at radius 3 is 2.38 bits per heavy atom. The van der Waals surface area contributed by atoms with E-state index in [0.717, 1.165) is 5.56 Å². The van der Waals surface area contributed by atoms with Crippen LogP contribution < -0.4 is 5.32 Å². The minimum Gasteiger partial charge on any atom is -0.465 e. The fourth-order valence-electron chi connectivity index (χ4n) is 4.25. The standard InChI is InChI=1S/C19H23ClN2O4/c1-4-19(18(25)26-6-3)14-13(16(23)22(5-2)17(14)24)15(21-19)11-7-9-12(20)10-8-11/h7-10,13-15,21H,4-6H2,1-3H3/t13-,14+,15-,19+/m0/s1. The molecule has 0 bridgehead atoms. The molecule has 4 atom stereocenters. The lowest BCUT2D eigenvalue weighted by molar-refractivity contribution is -0.156. The molecule has 2 saturated heterocycles. The predicted octanol–water partition coefficient (Wildman–Crippen LogP) is 2.32. The van der Waals surface area contributed by atoms with Crippen LogP contribution in [0.4, 0.5) is 0 Å². The number of carbonyl (C=O) groups excluding carboxylic acids is 3. The molecule has 7 heteroatoms. The lowest BCUT2D eigenvalue weighted by Crippen LogP contribution is -2.56. The van der Waals surface area contributed by atoms with Gasteiger partial charge in [-0.15, -0.1) is 0 Å². The molecule has 6 nitrogen and oxygen atoms in total. The molecule has 0 radical (unpaired) electrons. The Balaban J connectivity index is 2.11. The van der Waals surface area contributed by atoms with Crippen LogP contribution in [0.2, 0.25) is 5.02 Å². The Morgan fingerprint density at radius 1 is 1.19 bits per heavy atom. The lowest BCUT2D eigenvalue weighted by atomic mass is 9.78. The van der Waals surface area contributed by atoms with E-state index in [0.29, 0.717) is 18.0 Å². The quantitative estimate of drug-likeness (QED) is 0.628. The van der Waals surface area contributed by atoms with E-state index in [1.165, 1.54) is 4.90 Å². The van der Waals surface area contributed by atoms with Gasteiger partial charge >= 0.3 is 5.97 Å². The molecule has 2 heterocycles. The number of nitrogens with one attached hydrogen (secondary N) is 1. The average Bonchev–Trinajstić information content (AvgIpc) is 3.11. The van der Waals surface area contributed by atoms with Crippen molar-refractivity contribution in [2.45, 2.75) is 38.8 Å². The van der Waals surface area contributed by atoms with Gasteiger partial charge in [0.05, 0.1) is 18.4 Å². The van der Waals surface area contributed by atoms with Crippen molar-refractivity contribution in [1.82, 2.24) is 10.2 Å². The Kier molecular flexibility index (Phi) is 5.08. The lowest BCUT2D eigenvalue weighted by Gasteiger charge is -2.31. The second-order valence-electron chi connectivity index (χ2n) is 6.64. The van der Waals surface area contributed by atoms with Gasteiger partial charge in [0.15, 0.2) is 0 Å². The van der Waals surface area contributed by atoms with E-state index in [2.05, 4.69) is 5.32 Å². The molecule has 2 aliphatic heterocycles. The zero-order chi connectivity index (χ0) is 19.1. The highest BCUT2D eigenvalue weighted by Crippen LogP contribution is 2.50. The number of hydrogen-bond acceptors (Lipinski definition) is 5. The summed E-state index contributed by atoms with van der Waals surface area (Å²) in [5.74, 6) is -2.42. The third-order valence-corrected chi connectivity index (χ3v) is 5.74. The van der Waals surface area contributed by atoms with Crippen molar-refractivity contribution in [3.05, 3.63) is 34.9 Å². The van der Waals surface area contributed by atoms with E-state index in [1.54, 1.807) is 26.0 Å². The zero-order valence-corrected chi connectivity index (χ0v) is 15.9. The van der Waals surface area contributed by atoms with Crippen LogP contribution in [0.3, 0.4) is 0 Å². The normalized spacial score (nSPS) is 30.6. The van der Waals surface area contributed by atoms with Crippen molar-refractivity contribution >= 4 is 29.4 Å². The van der Waals surface area contributed by atoms with Gasteiger partial charge in [-0.25, -0.2) is 0 Å². The highest BCUT2D eigenvalue weighted by molar-refractivity contribution is 6.30. The van der Waals surface area contributed by atoms with Crippen LogP contribution in [-0.2, 0) is 19.1 Å². The number of imide groups is 1. The molecule has 140 valence electrons. The van der Waals surface area contributed by atoms with E-state index in [-0.39, 0.29) is 18.4 Å². The Morgan fingerprint density at radius 2 is 1.85 bits per heavy atom. The molecule has 0 spiro atoms. The number of esters is 1. The van der Waals surface area contributed by atoms with Crippen molar-refractivity contribution < 1.29 is 19.1 Å². The second kappa shape index (κ2) is 7.00. The number of likely N-dealkylation sites (tertiary alicyclic amines) is 1. The van der Waals surface area contributed by atoms with Gasteiger partial charge < -0.3 is 4.74 Å². The maximum atomic E-state index is 13.0. The zero-order valence-electron chi connectivity index (χ0n) is 15.1. The van der Waals surface area contributed by atoms with E-state index in [9.17, 15) is 14.4 Å². The Bertz CT molecular complexity index is 736. The van der Waals surface area contributed by atoms with Gasteiger partial charge in [0.2, 0.25) is 11.8 Å². The smallest absolute Gasteiger partial charge is 0.327 e. The molecule has 0 aromatic heterocycles. The predicted molar refractivity (Wildman–Crippen MR) is 96.4 cm³/mol. The number of rotatable bonds is 5. The maximum Gasteiger partial charge on any atom is 0.327 e. The van der Waals surface area contributed by atoms with Crippen molar-refractivity contribution in [1.29, 1.82) is 0 Å². The summed E-state index contributed by atoms with van der Waals surface area (Å²) in [5.41, 5.74) is -0.384. The highest BCUT2D eigenvalue weighted by atomic mass is 35.5. The summed E-state index contributed by atoms with van der Waals surface area (Å²) in [6.07, 6.45) is 0.355. The monoisotopic (exact) mass is 378 g/mol. The Labute approximate surface area is 157 Å². The summed E-state index contributed by atoms with van der Waals surface area (Å²) >= 11 is 5.98. The Hall–Kier alpha value is -1.92. The molecule has 26 heavy (non-hydrogen) atoms. The van der Waals surface area contributed by atoms with Crippen LogP contribution >= 0.6 is 11.6 Å². The van der Waals surface area contributed by atoms with Crippen molar-refractivity contribution in [2.24, 2.45) is 11.8 Å². The molecule has 1 aromatic rings. The molecule has 1 N–H and O–H groups in total. The van der Waals surface area contributed by atoms with Gasteiger partial charge in [-0.1, -0.05) is 30.7 Å². The van der Waals surface area contributed by atoms with Crippen LogP contribution in [-0.4, -0.2) is 41.4 Å². The van der Waals surface area contributed by atoms with E-state index < -0.39 is 29.4 Å². The summed E-state index contributed by atoms with van der Waals surface area (Å²) in [6.45, 7) is 5.83. The van der Waals surface area contributed by atoms with Gasteiger partial charge in [-0.05, 0) is 38.0 Å². The average molecular weight is 379 g/mol. The maximum absolute atomic E-state index is 13.0. The molecular weight excluding hydrogens is 356 g/mol. The largest absolute Gasteiger partial charge is 0.465 e. The fraction of sp³-hybridized carbons (Fsp3) is 0.526. The summed E-state index contributed by atoms with van der Waals surface area (Å²) in [5, 5.41) is 3.88. The molecule has 2 amide bonds. The number of amides is 2. The highest BCUT2D eigenvalue weighted by Gasteiger charge is 2.67. The van der Waals surface area contributed by atoms with Gasteiger partial charge in [0, 0.05) is 17.6 Å². The minimum atomic E-state index is -1.21. The van der Waals surface area contributed by atoms with Crippen molar-refractivity contribution in [2.75, 3.05) is 13.2 Å². The number of nitrogens with zero attached hydrogens (tertiary/aromatic N) is 1. The van der Waals surface area contributed by atoms with E-state index >= 15 is 0 Å². The molecular formula is C19H23ClN2O4. The third-order valence-electron chi connectivity index (χ3n) is 5.49. The molecule has 3 rings (SSSR count). The molecule has 2 aliphatic rings. The van der Waals surface area contributed by atoms with Crippen molar-refractivity contribution in [3.63, 3.8) is 0 Å². The third kappa shape index (κ3) is 2.63. The van der Waals surface area contributed by atoms with Crippen LogP contribution in [0.5, 0.6) is 0 Å². The number of benzene rings is 1. The summed E-state index contributed by atoms with van der Waals surface area (Å²) in [7, 11) is 0. The van der Waals surface area contributed by atoms with E-state index in [1.807, 2.05) is 19.1 Å². The molecule has 0 unspecified atom stereocenters. The number of carbonyl (C=O) groups is 3. The first-order valence-electron chi connectivity index (χ1n) is 8.96. The minimum absolute atomic E-state index is 0.213. The molecule has 0 aliphatic carbocycles. The van der Waals surface area contributed by atoms with Crippen LogP contribution in [0.15, 0.2) is 24.3 Å². The van der Waals surface area contributed by atoms with Crippen LogP contribution in [0.1, 0.15) is 38.8 Å². The van der Waals surface area contributed by atoms with Crippen LogP contribution in [0.25, 0.3) is 0 Å².